The molecule has 8 heteroatoms. The molecule has 0 spiro atoms. The lowest BCUT2D eigenvalue weighted by molar-refractivity contribution is -0.147. The molecule has 0 radical (unpaired) electrons. The van der Waals surface area contributed by atoms with Gasteiger partial charge in [0.15, 0.2) is 0 Å². The quantitative estimate of drug-likeness (QED) is 0.736. The number of aromatic amines is 2. The number of ether oxygens (including phenoxy) is 2. The van der Waals surface area contributed by atoms with Crippen LogP contribution in [-0.2, 0) is 27.2 Å². The summed E-state index contributed by atoms with van der Waals surface area (Å²) in [4.78, 5) is 37.1. The van der Waals surface area contributed by atoms with Crippen LogP contribution in [0.1, 0.15) is 32.0 Å². The van der Waals surface area contributed by atoms with E-state index in [4.69, 9.17) is 9.47 Å². The molecule has 21 heavy (non-hydrogen) atoms. The van der Waals surface area contributed by atoms with E-state index in [1.165, 1.54) is 12.0 Å². The van der Waals surface area contributed by atoms with E-state index in [0.29, 0.717) is 11.3 Å². The smallest absolute Gasteiger partial charge is 0.411 e. The van der Waals surface area contributed by atoms with Crippen molar-refractivity contribution in [3.8, 4) is 0 Å². The van der Waals surface area contributed by atoms with Crippen molar-refractivity contribution in [1.29, 1.82) is 0 Å². The average Bonchev–Trinajstić information content (AvgIpc) is 2.75. The molecule has 1 aliphatic rings. The van der Waals surface area contributed by atoms with Gasteiger partial charge in [0.1, 0.15) is 11.6 Å². The Morgan fingerprint density at radius 2 is 1.95 bits per heavy atom. The Hall–Kier alpha value is -2.25. The van der Waals surface area contributed by atoms with Crippen LogP contribution in [0.15, 0.2) is 4.79 Å². The summed E-state index contributed by atoms with van der Waals surface area (Å²) in [5, 5.41) is 5.17. The highest BCUT2D eigenvalue weighted by molar-refractivity contribution is 5.82. The van der Waals surface area contributed by atoms with Gasteiger partial charge in [-0.15, -0.1) is 0 Å². The van der Waals surface area contributed by atoms with E-state index >= 15 is 0 Å². The summed E-state index contributed by atoms with van der Waals surface area (Å²) < 4.78 is 10.0. The maximum atomic E-state index is 12.3. The molecule has 1 aromatic heterocycles. The van der Waals surface area contributed by atoms with E-state index < -0.39 is 23.7 Å². The van der Waals surface area contributed by atoms with E-state index in [0.717, 1.165) is 0 Å². The summed E-state index contributed by atoms with van der Waals surface area (Å²) in [6, 6.07) is -0.816. The van der Waals surface area contributed by atoms with Gasteiger partial charge in [-0.25, -0.2) is 9.59 Å². The number of aromatic nitrogens is 2. The number of esters is 1. The molecule has 2 rings (SSSR count). The van der Waals surface area contributed by atoms with Gasteiger partial charge in [-0.1, -0.05) is 0 Å². The Bertz CT molecular complexity index is 610. The zero-order chi connectivity index (χ0) is 15.8. The van der Waals surface area contributed by atoms with Gasteiger partial charge in [0.25, 0.3) is 5.56 Å². The van der Waals surface area contributed by atoms with Crippen molar-refractivity contribution in [2.45, 2.75) is 45.4 Å². The first-order chi connectivity index (χ1) is 9.73. The van der Waals surface area contributed by atoms with Crippen molar-refractivity contribution in [3.63, 3.8) is 0 Å². The fraction of sp³-hybridized carbons (Fsp3) is 0.615. The number of carbonyl (C=O) groups excluding carboxylic acids is 2. The number of H-pyrrole nitrogens is 2. The normalized spacial score (nSPS) is 18.1. The van der Waals surface area contributed by atoms with Crippen LogP contribution in [-0.4, -0.2) is 45.9 Å². The van der Waals surface area contributed by atoms with Gasteiger partial charge in [0, 0.05) is 12.1 Å². The summed E-state index contributed by atoms with van der Waals surface area (Å²) >= 11 is 0. The third-order valence-corrected chi connectivity index (χ3v) is 3.17. The SMILES string of the molecule is COC(=O)C1Cc2[nH][nH]c(=O)c2CN1C(=O)OC(C)(C)C. The van der Waals surface area contributed by atoms with Crippen molar-refractivity contribution in [3.05, 3.63) is 21.6 Å². The maximum Gasteiger partial charge on any atom is 0.411 e. The minimum Gasteiger partial charge on any atom is -0.467 e. The average molecular weight is 297 g/mol. The van der Waals surface area contributed by atoms with E-state index in [-0.39, 0.29) is 18.5 Å². The Balaban J connectivity index is 2.32. The highest BCUT2D eigenvalue weighted by atomic mass is 16.6. The molecule has 2 heterocycles. The second-order valence-electron chi connectivity index (χ2n) is 5.89. The molecule has 1 amide bonds. The Morgan fingerprint density at radius 3 is 2.52 bits per heavy atom. The van der Waals surface area contributed by atoms with E-state index in [2.05, 4.69) is 10.2 Å². The molecular formula is C13H19N3O5. The van der Waals surface area contributed by atoms with Gasteiger partial charge in [0.2, 0.25) is 0 Å². The molecule has 8 nitrogen and oxygen atoms in total. The highest BCUT2D eigenvalue weighted by Gasteiger charge is 2.39. The molecule has 0 aliphatic carbocycles. The molecule has 0 saturated carbocycles. The van der Waals surface area contributed by atoms with Gasteiger partial charge in [0.05, 0.1) is 19.2 Å². The summed E-state index contributed by atoms with van der Waals surface area (Å²) in [5.74, 6) is -0.548. The first-order valence-corrected chi connectivity index (χ1v) is 6.59. The number of hydrogen-bond donors (Lipinski definition) is 2. The van der Waals surface area contributed by atoms with E-state index in [1.807, 2.05) is 0 Å². The first-order valence-electron chi connectivity index (χ1n) is 6.59. The Labute approximate surface area is 121 Å². The summed E-state index contributed by atoms with van der Waals surface area (Å²) in [6.07, 6.45) is -0.468. The fourth-order valence-electron chi connectivity index (χ4n) is 2.20. The molecule has 1 atom stereocenters. The van der Waals surface area contributed by atoms with Gasteiger partial charge in [-0.3, -0.25) is 14.8 Å². The van der Waals surface area contributed by atoms with Gasteiger partial charge in [-0.05, 0) is 20.8 Å². The van der Waals surface area contributed by atoms with Crippen molar-refractivity contribution in [2.24, 2.45) is 0 Å². The molecule has 2 N–H and O–H groups in total. The minimum atomic E-state index is -0.816. The van der Waals surface area contributed by atoms with Crippen LogP contribution in [0.5, 0.6) is 0 Å². The number of nitrogens with zero attached hydrogens (tertiary/aromatic N) is 1. The molecule has 116 valence electrons. The van der Waals surface area contributed by atoms with Crippen LogP contribution < -0.4 is 5.56 Å². The summed E-state index contributed by atoms with van der Waals surface area (Å²) in [7, 11) is 1.25. The monoisotopic (exact) mass is 297 g/mol. The number of nitrogens with one attached hydrogen (secondary N) is 2. The Kier molecular flexibility index (Phi) is 3.80. The zero-order valence-electron chi connectivity index (χ0n) is 12.5. The van der Waals surface area contributed by atoms with Gasteiger partial charge < -0.3 is 14.6 Å². The number of hydrogen-bond acceptors (Lipinski definition) is 5. The van der Waals surface area contributed by atoms with Crippen LogP contribution in [0.4, 0.5) is 4.79 Å². The number of carbonyl (C=O) groups is 2. The molecular weight excluding hydrogens is 278 g/mol. The van der Waals surface area contributed by atoms with Crippen LogP contribution in [0.3, 0.4) is 0 Å². The van der Waals surface area contributed by atoms with E-state index in [9.17, 15) is 14.4 Å². The minimum absolute atomic E-state index is 0.00282. The lowest BCUT2D eigenvalue weighted by atomic mass is 10.0. The fourth-order valence-corrected chi connectivity index (χ4v) is 2.20. The first kappa shape index (κ1) is 15.1. The number of fused-ring (bicyclic) bond motifs is 1. The third-order valence-electron chi connectivity index (χ3n) is 3.17. The molecule has 1 unspecified atom stereocenters. The van der Waals surface area contributed by atoms with E-state index in [1.54, 1.807) is 20.8 Å². The molecule has 0 saturated heterocycles. The predicted octanol–water partition coefficient (Wildman–Crippen LogP) is 0.538. The van der Waals surface area contributed by atoms with Crippen LogP contribution in [0.25, 0.3) is 0 Å². The second kappa shape index (κ2) is 5.27. The van der Waals surface area contributed by atoms with Crippen LogP contribution >= 0.6 is 0 Å². The lowest BCUT2D eigenvalue weighted by Gasteiger charge is -2.34. The molecule has 0 fully saturated rings. The molecule has 1 aliphatic heterocycles. The summed E-state index contributed by atoms with van der Waals surface area (Å²) in [5.41, 5.74) is 0.0425. The molecule has 0 aromatic carbocycles. The lowest BCUT2D eigenvalue weighted by Crippen LogP contribution is -2.51. The number of amides is 1. The summed E-state index contributed by atoms with van der Waals surface area (Å²) in [6.45, 7) is 5.20. The van der Waals surface area contributed by atoms with Crippen molar-refractivity contribution >= 4 is 12.1 Å². The van der Waals surface area contributed by atoms with Gasteiger partial charge >= 0.3 is 12.1 Å². The Morgan fingerprint density at radius 1 is 1.29 bits per heavy atom. The number of rotatable bonds is 1. The largest absolute Gasteiger partial charge is 0.467 e. The topological polar surface area (TPSA) is 104 Å². The highest BCUT2D eigenvalue weighted by Crippen LogP contribution is 2.22. The predicted molar refractivity (Wildman–Crippen MR) is 72.7 cm³/mol. The van der Waals surface area contributed by atoms with Crippen LogP contribution in [0, 0.1) is 0 Å². The number of methoxy groups -OCH3 is 1. The molecule has 0 bridgehead atoms. The third kappa shape index (κ3) is 3.09. The maximum absolute atomic E-state index is 12.3. The van der Waals surface area contributed by atoms with Crippen molar-refractivity contribution < 1.29 is 19.1 Å². The van der Waals surface area contributed by atoms with Gasteiger partial charge in [-0.2, -0.15) is 0 Å². The standard InChI is InChI=1S/C13H19N3O5/c1-13(2,3)21-12(19)16-6-7-8(14-15-10(7)17)5-9(16)11(18)20-4/h9H,5-6H2,1-4H3,(H2,14,15,17). The van der Waals surface area contributed by atoms with Crippen molar-refractivity contribution in [1.82, 2.24) is 15.1 Å². The molecule has 1 aromatic rings. The van der Waals surface area contributed by atoms with Crippen molar-refractivity contribution in [2.75, 3.05) is 7.11 Å². The van der Waals surface area contributed by atoms with Crippen LogP contribution in [0.2, 0.25) is 0 Å². The zero-order valence-corrected chi connectivity index (χ0v) is 12.5. The second-order valence-corrected chi connectivity index (χ2v) is 5.89.